The van der Waals surface area contributed by atoms with E-state index in [0.29, 0.717) is 0 Å². The second-order valence-corrected chi connectivity index (χ2v) is 1.15. The molecule has 0 fully saturated rings. The molecule has 0 amide bonds. The summed E-state index contributed by atoms with van der Waals surface area (Å²) in [6.45, 7) is 2.81. The third-order valence-electron chi connectivity index (χ3n) is 0.129. The van der Waals surface area contributed by atoms with Crippen LogP contribution in [0.3, 0.4) is 0 Å². The van der Waals surface area contributed by atoms with Gasteiger partial charge in [0.1, 0.15) is 0 Å². The molecule has 0 rings (SSSR count). The van der Waals surface area contributed by atoms with Crippen molar-refractivity contribution in [2.45, 2.75) is 6.92 Å². The van der Waals surface area contributed by atoms with Crippen molar-refractivity contribution in [2.24, 2.45) is 0 Å². The Hall–Kier alpha value is 0.778. The Morgan fingerprint density at radius 1 is 2.00 bits per heavy atom. The van der Waals surface area contributed by atoms with Crippen molar-refractivity contribution in [3.05, 3.63) is 0 Å². The molecule has 0 aliphatic rings. The van der Waals surface area contributed by atoms with Gasteiger partial charge in [-0.2, -0.15) is 0 Å². The molecule has 0 aromatic rings. The van der Waals surface area contributed by atoms with Crippen molar-refractivity contribution < 1.29 is 3.02 Å². The summed E-state index contributed by atoms with van der Waals surface area (Å²) >= 11 is 1.40. The van der Waals surface area contributed by atoms with Gasteiger partial charge >= 0.3 is 40.0 Å². The molecule has 1 nitrogen and oxygen atoms in total. The van der Waals surface area contributed by atoms with Crippen LogP contribution in [0.15, 0.2) is 0 Å². The van der Waals surface area contributed by atoms with Crippen LogP contribution in [0, 0.1) is 0 Å². The van der Waals surface area contributed by atoms with E-state index in [1.54, 1.807) is 0 Å². The second-order valence-electron chi connectivity index (χ2n) is 0.418. The minimum atomic E-state index is 0.842. The average Bonchev–Trinajstić information content (AvgIpc) is 1.37. The van der Waals surface area contributed by atoms with Crippen LogP contribution in [0.1, 0.15) is 6.92 Å². The van der Waals surface area contributed by atoms with E-state index in [0.717, 1.165) is 6.61 Å². The summed E-state index contributed by atoms with van der Waals surface area (Å²) < 4.78 is 4.59. The van der Waals surface area contributed by atoms with Crippen LogP contribution in [0.2, 0.25) is 0 Å². The molecule has 0 aromatic heterocycles. The van der Waals surface area contributed by atoms with Crippen LogP contribution in [0.5, 0.6) is 0 Å². The molecule has 0 aromatic carbocycles. The molecule has 0 heterocycles. The zero-order valence-electron chi connectivity index (χ0n) is 2.56. The van der Waals surface area contributed by atoms with E-state index in [2.05, 4.69) is 3.02 Å². The van der Waals surface area contributed by atoms with E-state index in [4.69, 9.17) is 0 Å². The van der Waals surface area contributed by atoms with E-state index >= 15 is 0 Å². The first-order valence-corrected chi connectivity index (χ1v) is 2.22. The quantitative estimate of drug-likeness (QED) is 0.503. The molecule has 0 saturated carbocycles. The Labute approximate surface area is 40.4 Å². The van der Waals surface area contributed by atoms with Crippen LogP contribution in [-0.4, -0.2) is 30.0 Å². The topological polar surface area (TPSA) is 9.23 Å². The molecular weight excluding hydrogens is 162 g/mol. The van der Waals surface area contributed by atoms with Crippen LogP contribution >= 0.6 is 0 Å². The molecule has 2 radical (unpaired) electrons. The first kappa shape index (κ1) is 4.78. The molecule has 0 N–H and O–H groups in total. The van der Waals surface area contributed by atoms with Gasteiger partial charge in [-0.05, 0) is 0 Å². The number of hydrogen-bond acceptors (Lipinski definition) is 1. The van der Waals surface area contributed by atoms with Gasteiger partial charge in [-0.25, -0.2) is 0 Å². The van der Waals surface area contributed by atoms with Crippen LogP contribution in [-0.2, 0) is 3.02 Å². The Morgan fingerprint density at radius 2 is 2.25 bits per heavy atom. The molecule has 0 aliphatic heterocycles. The number of rotatable bonds is 1. The predicted molar refractivity (Wildman–Crippen MR) is 17.4 cm³/mol. The van der Waals surface area contributed by atoms with Crippen LogP contribution < -0.4 is 0 Å². The molecule has 0 saturated heterocycles. The Morgan fingerprint density at radius 3 is 2.25 bits per heavy atom. The van der Waals surface area contributed by atoms with Gasteiger partial charge in [0.15, 0.2) is 0 Å². The van der Waals surface area contributed by atoms with Gasteiger partial charge in [-0.1, -0.05) is 0 Å². The standard InChI is InChI=1S/C2H5O.Sb/c1-2-3;/h2H2,1H3;/q-1;+1. The fraction of sp³-hybridized carbons (Fsp3) is 1.00. The van der Waals surface area contributed by atoms with Gasteiger partial charge in [-0.3, -0.25) is 0 Å². The van der Waals surface area contributed by atoms with Gasteiger partial charge in [0, 0.05) is 0 Å². The summed E-state index contributed by atoms with van der Waals surface area (Å²) in [7, 11) is 0. The van der Waals surface area contributed by atoms with Gasteiger partial charge in [0.2, 0.25) is 0 Å². The molecule has 0 spiro atoms. The molecule has 4 heavy (non-hydrogen) atoms. The zero-order valence-corrected chi connectivity index (χ0v) is 5.12. The van der Waals surface area contributed by atoms with Gasteiger partial charge in [0.05, 0.1) is 0 Å². The van der Waals surface area contributed by atoms with E-state index in [1.165, 1.54) is 23.4 Å². The van der Waals surface area contributed by atoms with Crippen molar-refractivity contribution >= 4 is 23.4 Å². The maximum atomic E-state index is 4.59. The number of hydrogen-bond donors (Lipinski definition) is 0. The molecule has 24 valence electrons. The fourth-order valence-electron chi connectivity index (χ4n) is 0. The third kappa shape index (κ3) is 2.78. The zero-order chi connectivity index (χ0) is 3.41. The van der Waals surface area contributed by atoms with Gasteiger partial charge in [-0.15, -0.1) is 0 Å². The van der Waals surface area contributed by atoms with E-state index in [9.17, 15) is 0 Å². The monoisotopic (exact) mass is 166 g/mol. The fourth-order valence-corrected chi connectivity index (χ4v) is 0. The summed E-state index contributed by atoms with van der Waals surface area (Å²) in [6, 6.07) is 0. The molecular formula is C2H5OSb. The van der Waals surface area contributed by atoms with E-state index < -0.39 is 0 Å². The van der Waals surface area contributed by atoms with Crippen molar-refractivity contribution in [1.82, 2.24) is 0 Å². The molecule has 0 atom stereocenters. The molecule has 0 bridgehead atoms. The third-order valence-corrected chi connectivity index (χ3v) is 0.866. The first-order valence-electron chi connectivity index (χ1n) is 1.18. The van der Waals surface area contributed by atoms with Crippen molar-refractivity contribution in [3.8, 4) is 0 Å². The average molecular weight is 167 g/mol. The second kappa shape index (κ2) is 3.78. The van der Waals surface area contributed by atoms with Gasteiger partial charge < -0.3 is 0 Å². The summed E-state index contributed by atoms with van der Waals surface area (Å²) in [5.41, 5.74) is 0. The summed E-state index contributed by atoms with van der Waals surface area (Å²) in [5, 5.41) is 0. The van der Waals surface area contributed by atoms with Crippen LogP contribution in [0.25, 0.3) is 0 Å². The molecule has 2 heteroatoms. The minimum absolute atomic E-state index is 0.842. The van der Waals surface area contributed by atoms with Crippen molar-refractivity contribution in [3.63, 3.8) is 0 Å². The SMILES string of the molecule is CC[O][Sb]. The summed E-state index contributed by atoms with van der Waals surface area (Å²) in [6.07, 6.45) is 0. The normalized spacial score (nSPS) is 7.50. The maximum absolute atomic E-state index is 4.59. The summed E-state index contributed by atoms with van der Waals surface area (Å²) in [4.78, 5) is 0. The van der Waals surface area contributed by atoms with Crippen LogP contribution in [0.4, 0.5) is 0 Å². The van der Waals surface area contributed by atoms with E-state index in [-0.39, 0.29) is 0 Å². The van der Waals surface area contributed by atoms with Crippen molar-refractivity contribution in [2.75, 3.05) is 6.61 Å². The Kier molecular flexibility index (Phi) is 4.51. The molecule has 0 aliphatic carbocycles. The first-order chi connectivity index (χ1) is 1.91. The Balaban J connectivity index is 1.97. The predicted octanol–water partition coefficient (Wildman–Crippen LogP) is 0.106. The molecule has 0 unspecified atom stereocenters. The summed E-state index contributed by atoms with van der Waals surface area (Å²) in [5.74, 6) is 0. The van der Waals surface area contributed by atoms with Gasteiger partial charge in [0.25, 0.3) is 0 Å². The Bertz CT molecular complexity index is 8.00. The van der Waals surface area contributed by atoms with Crippen molar-refractivity contribution in [1.29, 1.82) is 0 Å². The van der Waals surface area contributed by atoms with E-state index in [1.807, 2.05) is 6.92 Å².